The van der Waals surface area contributed by atoms with Gasteiger partial charge in [-0.3, -0.25) is 0 Å². The highest BCUT2D eigenvalue weighted by molar-refractivity contribution is 5.58. The fourth-order valence-corrected chi connectivity index (χ4v) is 3.75. The van der Waals surface area contributed by atoms with Crippen molar-refractivity contribution < 1.29 is 0 Å². The molecule has 3 N–H and O–H groups in total. The minimum Gasteiger partial charge on any atom is -0.364 e. The number of hydrogen-bond donors (Lipinski definition) is 3. The molecule has 154 valence electrons. The van der Waals surface area contributed by atoms with E-state index in [4.69, 9.17) is 10.2 Å². The van der Waals surface area contributed by atoms with E-state index in [2.05, 4.69) is 50.6 Å². The highest BCUT2D eigenvalue weighted by Crippen LogP contribution is 2.23. The molecule has 7 heteroatoms. The zero-order valence-electron chi connectivity index (χ0n) is 17.2. The Morgan fingerprint density at radius 1 is 1.23 bits per heavy atom. The monoisotopic (exact) mass is 401 g/mol. The van der Waals surface area contributed by atoms with Crippen molar-refractivity contribution >= 4 is 17.5 Å². The van der Waals surface area contributed by atoms with Crippen LogP contribution in [0, 0.1) is 11.3 Å². The van der Waals surface area contributed by atoms with Gasteiger partial charge in [0, 0.05) is 55.0 Å². The Bertz CT molecular complexity index is 1010. The van der Waals surface area contributed by atoms with Crippen molar-refractivity contribution in [3.8, 4) is 6.07 Å². The second-order valence-electron chi connectivity index (χ2n) is 7.62. The van der Waals surface area contributed by atoms with Crippen LogP contribution < -0.4 is 15.5 Å². The Morgan fingerprint density at radius 3 is 2.97 bits per heavy atom. The van der Waals surface area contributed by atoms with Gasteiger partial charge >= 0.3 is 0 Å². The molecule has 3 aromatic rings. The molecular weight excluding hydrogens is 374 g/mol. The van der Waals surface area contributed by atoms with Gasteiger partial charge in [0.25, 0.3) is 0 Å². The van der Waals surface area contributed by atoms with Crippen LogP contribution in [-0.4, -0.2) is 34.1 Å². The second kappa shape index (κ2) is 9.42. The summed E-state index contributed by atoms with van der Waals surface area (Å²) in [6.45, 7) is 4.89. The van der Waals surface area contributed by atoms with Crippen molar-refractivity contribution in [2.45, 2.75) is 38.8 Å². The number of nitriles is 1. The third kappa shape index (κ3) is 4.97. The lowest BCUT2D eigenvalue weighted by Crippen LogP contribution is -2.32. The molecule has 0 amide bonds. The van der Waals surface area contributed by atoms with Gasteiger partial charge in [0.2, 0.25) is 5.95 Å². The summed E-state index contributed by atoms with van der Waals surface area (Å²) in [4.78, 5) is 15.0. The van der Waals surface area contributed by atoms with Gasteiger partial charge in [0.1, 0.15) is 5.82 Å². The molecule has 3 heterocycles. The highest BCUT2D eigenvalue weighted by atomic mass is 15.3. The summed E-state index contributed by atoms with van der Waals surface area (Å²) in [6.07, 6.45) is 4.97. The average molecular weight is 402 g/mol. The van der Waals surface area contributed by atoms with Crippen LogP contribution >= 0.6 is 0 Å². The molecule has 7 nitrogen and oxygen atoms in total. The van der Waals surface area contributed by atoms with E-state index in [1.54, 1.807) is 6.07 Å². The number of benzene rings is 1. The maximum Gasteiger partial charge on any atom is 0.229 e. The third-order valence-electron chi connectivity index (χ3n) is 5.28. The van der Waals surface area contributed by atoms with Crippen LogP contribution in [0.4, 0.5) is 17.5 Å². The Kier molecular flexibility index (Phi) is 6.26. The Hall–Kier alpha value is -3.37. The number of rotatable bonds is 8. The first-order valence-electron chi connectivity index (χ1n) is 10.5. The van der Waals surface area contributed by atoms with Gasteiger partial charge < -0.3 is 20.5 Å². The first kappa shape index (κ1) is 19.9. The van der Waals surface area contributed by atoms with Crippen molar-refractivity contribution in [3.63, 3.8) is 0 Å². The summed E-state index contributed by atoms with van der Waals surface area (Å²) in [5.41, 5.74) is 3.66. The van der Waals surface area contributed by atoms with Crippen molar-refractivity contribution in [1.29, 1.82) is 5.26 Å². The number of nitrogens with zero attached hydrogens (tertiary/aromatic N) is 4. The molecule has 0 radical (unpaired) electrons. The highest BCUT2D eigenvalue weighted by Gasteiger charge is 2.24. The lowest BCUT2D eigenvalue weighted by Gasteiger charge is -2.20. The van der Waals surface area contributed by atoms with E-state index < -0.39 is 0 Å². The molecule has 0 saturated carbocycles. The van der Waals surface area contributed by atoms with Gasteiger partial charge in [-0.15, -0.1) is 0 Å². The van der Waals surface area contributed by atoms with Gasteiger partial charge in [-0.1, -0.05) is 19.4 Å². The number of nitrogens with one attached hydrogen (secondary N) is 3. The molecule has 1 aliphatic heterocycles. The summed E-state index contributed by atoms with van der Waals surface area (Å²) in [5.74, 6) is 1.53. The number of aryl methyl sites for hydroxylation is 1. The summed E-state index contributed by atoms with van der Waals surface area (Å²) >= 11 is 0. The SMILES string of the molecule is CCCc1cc(N2CCC(NCc3ccc[nH]3)C2)nc(Nc2cccc(C#N)c2)n1. The lowest BCUT2D eigenvalue weighted by atomic mass is 10.2. The fourth-order valence-electron chi connectivity index (χ4n) is 3.75. The summed E-state index contributed by atoms with van der Waals surface area (Å²) in [5, 5.41) is 16.0. The molecule has 0 spiro atoms. The molecule has 2 aromatic heterocycles. The fraction of sp³-hybridized carbons (Fsp3) is 0.348. The molecule has 1 fully saturated rings. The van der Waals surface area contributed by atoms with Crippen LogP contribution in [0.25, 0.3) is 0 Å². The van der Waals surface area contributed by atoms with Crippen LogP contribution in [0.3, 0.4) is 0 Å². The van der Waals surface area contributed by atoms with Crippen LogP contribution in [0.2, 0.25) is 0 Å². The zero-order valence-corrected chi connectivity index (χ0v) is 17.2. The zero-order chi connectivity index (χ0) is 20.8. The number of H-pyrrole nitrogens is 1. The number of hydrogen-bond acceptors (Lipinski definition) is 6. The molecule has 4 rings (SSSR count). The Labute approximate surface area is 177 Å². The molecule has 1 atom stereocenters. The minimum absolute atomic E-state index is 0.432. The Morgan fingerprint density at radius 2 is 2.17 bits per heavy atom. The van der Waals surface area contributed by atoms with E-state index in [0.717, 1.165) is 56.1 Å². The number of aromatic amines is 1. The van der Waals surface area contributed by atoms with Crippen molar-refractivity contribution in [1.82, 2.24) is 20.3 Å². The van der Waals surface area contributed by atoms with Crippen molar-refractivity contribution in [2.75, 3.05) is 23.3 Å². The molecule has 1 unspecified atom stereocenters. The standard InChI is InChI=1S/C23H27N7/c1-2-5-18-13-22(29-23(27-18)28-19-7-3-6-17(12-19)14-24)30-11-9-21(16-30)26-15-20-8-4-10-25-20/h3-4,6-8,10,12-13,21,25-26H,2,5,9,11,15-16H2,1H3,(H,27,28,29). The van der Waals surface area contributed by atoms with E-state index in [1.807, 2.05) is 30.5 Å². The molecule has 0 bridgehead atoms. The number of anilines is 3. The third-order valence-corrected chi connectivity index (χ3v) is 5.28. The summed E-state index contributed by atoms with van der Waals surface area (Å²) < 4.78 is 0. The van der Waals surface area contributed by atoms with Crippen LogP contribution in [0.5, 0.6) is 0 Å². The normalized spacial score (nSPS) is 15.9. The summed E-state index contributed by atoms with van der Waals surface area (Å²) in [6, 6.07) is 16.2. The van der Waals surface area contributed by atoms with Gasteiger partial charge in [-0.2, -0.15) is 10.2 Å². The minimum atomic E-state index is 0.432. The summed E-state index contributed by atoms with van der Waals surface area (Å²) in [7, 11) is 0. The molecule has 1 aliphatic rings. The first-order chi connectivity index (χ1) is 14.7. The van der Waals surface area contributed by atoms with E-state index in [-0.39, 0.29) is 0 Å². The molecule has 1 aromatic carbocycles. The second-order valence-corrected chi connectivity index (χ2v) is 7.62. The predicted octanol–water partition coefficient (Wildman–Crippen LogP) is 3.74. The van der Waals surface area contributed by atoms with Gasteiger partial charge in [0.15, 0.2) is 0 Å². The quantitative estimate of drug-likeness (QED) is 0.532. The topological polar surface area (TPSA) is 92.7 Å². The van der Waals surface area contributed by atoms with E-state index in [0.29, 0.717) is 17.6 Å². The van der Waals surface area contributed by atoms with Crippen LogP contribution in [-0.2, 0) is 13.0 Å². The number of aromatic nitrogens is 3. The molecule has 30 heavy (non-hydrogen) atoms. The predicted molar refractivity (Wildman–Crippen MR) is 119 cm³/mol. The largest absolute Gasteiger partial charge is 0.364 e. The van der Waals surface area contributed by atoms with E-state index >= 15 is 0 Å². The maximum absolute atomic E-state index is 9.14. The van der Waals surface area contributed by atoms with Crippen LogP contribution in [0.1, 0.15) is 36.7 Å². The van der Waals surface area contributed by atoms with E-state index in [1.165, 1.54) is 5.69 Å². The Balaban J connectivity index is 1.47. The van der Waals surface area contributed by atoms with Crippen molar-refractivity contribution in [3.05, 3.63) is 65.6 Å². The van der Waals surface area contributed by atoms with Gasteiger partial charge in [-0.25, -0.2) is 4.98 Å². The average Bonchev–Trinajstić information content (AvgIpc) is 3.44. The van der Waals surface area contributed by atoms with Crippen molar-refractivity contribution in [2.24, 2.45) is 0 Å². The molecule has 1 saturated heterocycles. The van der Waals surface area contributed by atoms with Gasteiger partial charge in [-0.05, 0) is 43.2 Å². The van der Waals surface area contributed by atoms with E-state index in [9.17, 15) is 0 Å². The molecular formula is C23H27N7. The molecule has 0 aliphatic carbocycles. The maximum atomic E-state index is 9.14. The van der Waals surface area contributed by atoms with Gasteiger partial charge in [0.05, 0.1) is 11.6 Å². The lowest BCUT2D eigenvalue weighted by molar-refractivity contribution is 0.546. The van der Waals surface area contributed by atoms with Crippen LogP contribution in [0.15, 0.2) is 48.7 Å². The first-order valence-corrected chi connectivity index (χ1v) is 10.5. The smallest absolute Gasteiger partial charge is 0.229 e.